The van der Waals surface area contributed by atoms with Gasteiger partial charge in [0.15, 0.2) is 0 Å². The molecule has 2 aromatic rings. The van der Waals surface area contributed by atoms with Crippen LogP contribution in [0.4, 0.5) is 5.69 Å². The summed E-state index contributed by atoms with van der Waals surface area (Å²) < 4.78 is 5.17. The van der Waals surface area contributed by atoms with Gasteiger partial charge in [0, 0.05) is 29.9 Å². The highest BCUT2D eigenvalue weighted by molar-refractivity contribution is 7.98. The molecule has 0 radical (unpaired) electrons. The first-order valence-electron chi connectivity index (χ1n) is 5.10. The topological polar surface area (TPSA) is 61.0 Å². The van der Waals surface area contributed by atoms with Crippen LogP contribution < -0.4 is 10.5 Å². The molecule has 1 aromatic heterocycles. The molecular formula is C12H13N3OS. The van der Waals surface area contributed by atoms with Crippen molar-refractivity contribution in [2.45, 2.75) is 10.8 Å². The molecule has 1 heterocycles. The van der Waals surface area contributed by atoms with Gasteiger partial charge >= 0.3 is 0 Å². The van der Waals surface area contributed by atoms with E-state index in [1.165, 1.54) is 0 Å². The molecule has 0 saturated carbocycles. The third kappa shape index (κ3) is 3.35. The number of methoxy groups -OCH3 is 1. The van der Waals surface area contributed by atoms with Crippen LogP contribution in [0.5, 0.6) is 5.75 Å². The quantitative estimate of drug-likeness (QED) is 0.664. The van der Waals surface area contributed by atoms with Crippen LogP contribution in [0, 0.1) is 0 Å². The molecule has 88 valence electrons. The maximum absolute atomic E-state index is 5.79. The summed E-state index contributed by atoms with van der Waals surface area (Å²) in [6.07, 6.45) is 5.09. The number of nitrogen functional groups attached to an aromatic ring is 1. The van der Waals surface area contributed by atoms with Crippen molar-refractivity contribution in [1.82, 2.24) is 9.97 Å². The van der Waals surface area contributed by atoms with E-state index >= 15 is 0 Å². The van der Waals surface area contributed by atoms with Gasteiger partial charge in [-0.15, -0.1) is 11.8 Å². The van der Waals surface area contributed by atoms with Crippen LogP contribution in [0.2, 0.25) is 0 Å². The van der Waals surface area contributed by atoms with E-state index in [-0.39, 0.29) is 0 Å². The lowest BCUT2D eigenvalue weighted by Gasteiger charge is -2.06. The Morgan fingerprint density at radius 1 is 1.29 bits per heavy atom. The maximum Gasteiger partial charge on any atom is 0.121 e. The normalized spacial score (nSPS) is 10.2. The zero-order valence-electron chi connectivity index (χ0n) is 9.46. The molecule has 2 N–H and O–H groups in total. The molecule has 0 atom stereocenters. The average molecular weight is 247 g/mol. The van der Waals surface area contributed by atoms with Crippen LogP contribution in [0.3, 0.4) is 0 Å². The van der Waals surface area contributed by atoms with Crippen molar-refractivity contribution in [1.29, 1.82) is 0 Å². The summed E-state index contributed by atoms with van der Waals surface area (Å²) in [5.41, 5.74) is 7.60. The Balaban J connectivity index is 2.06. The number of rotatable bonds is 4. The van der Waals surface area contributed by atoms with Gasteiger partial charge in [-0.25, -0.2) is 4.98 Å². The Labute approximate surface area is 104 Å². The number of nitrogens with zero attached hydrogens (tertiary/aromatic N) is 2. The molecule has 0 fully saturated rings. The average Bonchev–Trinajstić information content (AvgIpc) is 2.37. The molecule has 0 aliphatic carbocycles. The summed E-state index contributed by atoms with van der Waals surface area (Å²) in [4.78, 5) is 8.21. The number of aromatic nitrogens is 2. The van der Waals surface area contributed by atoms with Crippen molar-refractivity contribution in [3.05, 3.63) is 42.4 Å². The van der Waals surface area contributed by atoms with Gasteiger partial charge in [-0.1, -0.05) is 0 Å². The van der Waals surface area contributed by atoms with Gasteiger partial charge in [0.05, 0.1) is 13.3 Å². The van der Waals surface area contributed by atoms with Crippen molar-refractivity contribution in [3.8, 4) is 5.75 Å². The van der Waals surface area contributed by atoms with Gasteiger partial charge in [-0.2, -0.15) is 0 Å². The lowest BCUT2D eigenvalue weighted by Crippen LogP contribution is -1.92. The molecule has 0 spiro atoms. The lowest BCUT2D eigenvalue weighted by atomic mass is 10.2. The molecule has 0 amide bonds. The zero-order chi connectivity index (χ0) is 12.1. The van der Waals surface area contributed by atoms with E-state index in [0.717, 1.165) is 22.1 Å². The molecule has 5 heteroatoms. The highest BCUT2D eigenvalue weighted by Gasteiger charge is 2.01. The van der Waals surface area contributed by atoms with E-state index in [2.05, 4.69) is 9.97 Å². The van der Waals surface area contributed by atoms with E-state index in [1.807, 2.05) is 12.1 Å². The van der Waals surface area contributed by atoms with Gasteiger partial charge in [0.25, 0.3) is 0 Å². The van der Waals surface area contributed by atoms with E-state index in [1.54, 1.807) is 43.5 Å². The Morgan fingerprint density at radius 2 is 2.18 bits per heavy atom. The van der Waals surface area contributed by atoms with Crippen molar-refractivity contribution < 1.29 is 4.74 Å². The second-order valence-electron chi connectivity index (χ2n) is 3.45. The number of nitrogens with two attached hydrogens (primary N) is 1. The predicted octanol–water partition coefficient (Wildman–Crippen LogP) is 2.36. The summed E-state index contributed by atoms with van der Waals surface area (Å²) in [6, 6.07) is 5.71. The molecule has 2 rings (SSSR count). The predicted molar refractivity (Wildman–Crippen MR) is 69.0 cm³/mol. The highest BCUT2D eigenvalue weighted by Crippen LogP contribution is 2.24. The van der Waals surface area contributed by atoms with Crippen LogP contribution >= 0.6 is 11.8 Å². The van der Waals surface area contributed by atoms with E-state index in [9.17, 15) is 0 Å². The maximum atomic E-state index is 5.79. The Kier molecular flexibility index (Phi) is 3.82. The standard InChI is InChI=1S/C12H13N3OS/c1-16-11-5-9(4-10(13)6-11)8-17-12-7-14-2-3-15-12/h2-7H,8,13H2,1H3. The lowest BCUT2D eigenvalue weighted by molar-refractivity contribution is 0.414. The SMILES string of the molecule is COc1cc(N)cc(CSc2cnccn2)c1. The molecule has 0 bridgehead atoms. The minimum absolute atomic E-state index is 0.707. The van der Waals surface area contributed by atoms with Gasteiger partial charge in [-0.3, -0.25) is 4.98 Å². The summed E-state index contributed by atoms with van der Waals surface area (Å²) in [7, 11) is 1.63. The Bertz CT molecular complexity index is 490. The highest BCUT2D eigenvalue weighted by atomic mass is 32.2. The van der Waals surface area contributed by atoms with Gasteiger partial charge in [0.1, 0.15) is 10.8 Å². The molecule has 17 heavy (non-hydrogen) atoms. The van der Waals surface area contributed by atoms with E-state index in [4.69, 9.17) is 10.5 Å². The smallest absolute Gasteiger partial charge is 0.121 e. The number of benzene rings is 1. The van der Waals surface area contributed by atoms with Crippen molar-refractivity contribution in [2.24, 2.45) is 0 Å². The minimum Gasteiger partial charge on any atom is -0.497 e. The largest absolute Gasteiger partial charge is 0.497 e. The number of anilines is 1. The molecule has 0 unspecified atom stereocenters. The second kappa shape index (κ2) is 5.54. The number of hydrogen-bond acceptors (Lipinski definition) is 5. The van der Waals surface area contributed by atoms with Gasteiger partial charge < -0.3 is 10.5 Å². The third-order valence-corrected chi connectivity index (χ3v) is 3.13. The van der Waals surface area contributed by atoms with E-state index < -0.39 is 0 Å². The first-order chi connectivity index (χ1) is 8.28. The number of ether oxygens (including phenoxy) is 1. The van der Waals surface area contributed by atoms with E-state index in [0.29, 0.717) is 5.69 Å². The van der Waals surface area contributed by atoms with Crippen LogP contribution in [0.1, 0.15) is 5.56 Å². The Morgan fingerprint density at radius 3 is 2.88 bits per heavy atom. The third-order valence-electron chi connectivity index (χ3n) is 2.15. The first-order valence-corrected chi connectivity index (χ1v) is 6.09. The fourth-order valence-electron chi connectivity index (χ4n) is 1.40. The second-order valence-corrected chi connectivity index (χ2v) is 4.44. The minimum atomic E-state index is 0.707. The molecule has 0 aliphatic heterocycles. The Hall–Kier alpha value is -1.75. The van der Waals surface area contributed by atoms with Gasteiger partial charge in [0.2, 0.25) is 0 Å². The molecule has 0 saturated heterocycles. The van der Waals surface area contributed by atoms with Crippen molar-refractivity contribution in [2.75, 3.05) is 12.8 Å². The van der Waals surface area contributed by atoms with Gasteiger partial charge in [-0.05, 0) is 17.7 Å². The summed E-state index contributed by atoms with van der Waals surface area (Å²) in [5.74, 6) is 1.57. The molecule has 1 aromatic carbocycles. The summed E-state index contributed by atoms with van der Waals surface area (Å²) in [5, 5.41) is 0.897. The fraction of sp³-hybridized carbons (Fsp3) is 0.167. The monoisotopic (exact) mass is 247 g/mol. The van der Waals surface area contributed by atoms with Crippen LogP contribution in [-0.4, -0.2) is 17.1 Å². The zero-order valence-corrected chi connectivity index (χ0v) is 10.3. The summed E-state index contributed by atoms with van der Waals surface area (Å²) in [6.45, 7) is 0. The molecule has 4 nitrogen and oxygen atoms in total. The van der Waals surface area contributed by atoms with Crippen LogP contribution in [0.15, 0.2) is 41.8 Å². The van der Waals surface area contributed by atoms with Crippen LogP contribution in [0.25, 0.3) is 0 Å². The fourth-order valence-corrected chi connectivity index (χ4v) is 2.16. The van der Waals surface area contributed by atoms with Crippen molar-refractivity contribution in [3.63, 3.8) is 0 Å². The van der Waals surface area contributed by atoms with Crippen LogP contribution in [-0.2, 0) is 5.75 Å². The van der Waals surface area contributed by atoms with Crippen molar-refractivity contribution >= 4 is 17.4 Å². The number of thioether (sulfide) groups is 1. The first kappa shape index (κ1) is 11.7. The molecule has 0 aliphatic rings. The molecular weight excluding hydrogens is 234 g/mol. The summed E-state index contributed by atoms with van der Waals surface area (Å²) >= 11 is 1.62. The number of hydrogen-bond donors (Lipinski definition) is 1.